The number of aromatic nitrogens is 2. The lowest BCUT2D eigenvalue weighted by Crippen LogP contribution is -2.17. The number of pyridine rings is 1. The minimum atomic E-state index is -0.315. The van der Waals surface area contributed by atoms with E-state index >= 15 is 0 Å². The molecule has 2 aromatic rings. The van der Waals surface area contributed by atoms with Gasteiger partial charge in [-0.05, 0) is 25.0 Å². The molecule has 20 heavy (non-hydrogen) atoms. The molecule has 0 bridgehead atoms. The Morgan fingerprint density at radius 1 is 1.30 bits per heavy atom. The molecule has 0 unspecified atom stereocenters. The van der Waals surface area contributed by atoms with E-state index in [0.29, 0.717) is 5.82 Å². The Kier molecular flexibility index (Phi) is 4.11. The van der Waals surface area contributed by atoms with Gasteiger partial charge in [-0.25, -0.2) is 14.4 Å². The van der Waals surface area contributed by atoms with Crippen molar-refractivity contribution in [3.63, 3.8) is 0 Å². The Labute approximate surface area is 121 Å². The summed E-state index contributed by atoms with van der Waals surface area (Å²) in [6.07, 6.45) is 4.61. The molecule has 2 aromatic heterocycles. The normalized spacial score (nSPS) is 14.8. The Balaban J connectivity index is 1.49. The van der Waals surface area contributed by atoms with Gasteiger partial charge < -0.3 is 10.2 Å². The zero-order chi connectivity index (χ0) is 13.8. The number of halogens is 1. The largest absolute Gasteiger partial charge is 0.370 e. The van der Waals surface area contributed by atoms with E-state index in [-0.39, 0.29) is 5.82 Å². The van der Waals surface area contributed by atoms with E-state index in [2.05, 4.69) is 25.6 Å². The van der Waals surface area contributed by atoms with Gasteiger partial charge in [0, 0.05) is 31.4 Å². The zero-order valence-corrected chi connectivity index (χ0v) is 12.0. The lowest BCUT2D eigenvalue weighted by atomic mass is 10.3. The summed E-state index contributed by atoms with van der Waals surface area (Å²) in [5, 5.41) is 6.43. The minimum absolute atomic E-state index is 0.315. The van der Waals surface area contributed by atoms with Crippen molar-refractivity contribution >= 4 is 22.3 Å². The van der Waals surface area contributed by atoms with Crippen molar-refractivity contribution in [1.82, 2.24) is 9.97 Å². The fourth-order valence-electron chi connectivity index (χ4n) is 2.26. The van der Waals surface area contributed by atoms with Gasteiger partial charge in [-0.15, -0.1) is 11.3 Å². The molecular formula is C14H17FN4S. The molecule has 1 N–H and O–H groups in total. The maximum absolute atomic E-state index is 12.7. The molecular weight excluding hydrogens is 275 g/mol. The number of rotatable bonds is 5. The first-order valence-corrected chi connectivity index (χ1v) is 7.74. The van der Waals surface area contributed by atoms with Crippen molar-refractivity contribution in [2.45, 2.75) is 19.3 Å². The standard InChI is InChI=1S/C14H17FN4S/c15-11-3-4-13(17-9-11)16-6-5-12-10-20-14(18-12)19-7-1-2-8-19/h3-4,9-10H,1-2,5-8H2,(H,16,17). The van der Waals surface area contributed by atoms with Crippen molar-refractivity contribution in [1.29, 1.82) is 0 Å². The fraction of sp³-hybridized carbons (Fsp3) is 0.429. The van der Waals surface area contributed by atoms with E-state index in [1.54, 1.807) is 17.4 Å². The molecule has 1 aliphatic heterocycles. The van der Waals surface area contributed by atoms with Crippen LogP contribution < -0.4 is 10.2 Å². The molecule has 0 aromatic carbocycles. The van der Waals surface area contributed by atoms with Crippen molar-refractivity contribution < 1.29 is 4.39 Å². The topological polar surface area (TPSA) is 41.0 Å². The predicted molar refractivity (Wildman–Crippen MR) is 79.9 cm³/mol. The second-order valence-corrected chi connectivity index (χ2v) is 5.69. The number of anilines is 2. The van der Waals surface area contributed by atoms with E-state index in [1.807, 2.05) is 0 Å². The quantitative estimate of drug-likeness (QED) is 0.920. The van der Waals surface area contributed by atoms with Gasteiger partial charge >= 0.3 is 0 Å². The molecule has 106 valence electrons. The number of nitrogens with one attached hydrogen (secondary N) is 1. The van der Waals surface area contributed by atoms with E-state index < -0.39 is 0 Å². The van der Waals surface area contributed by atoms with Gasteiger partial charge in [-0.3, -0.25) is 0 Å². The molecule has 3 rings (SSSR count). The van der Waals surface area contributed by atoms with Gasteiger partial charge in [0.05, 0.1) is 11.9 Å². The maximum atomic E-state index is 12.7. The summed E-state index contributed by atoms with van der Waals surface area (Å²) >= 11 is 1.72. The lowest BCUT2D eigenvalue weighted by molar-refractivity contribution is 0.621. The number of thiazole rings is 1. The molecule has 3 heterocycles. The summed E-state index contributed by atoms with van der Waals surface area (Å²) in [5.74, 6) is 0.381. The van der Waals surface area contributed by atoms with E-state index in [9.17, 15) is 4.39 Å². The van der Waals surface area contributed by atoms with Gasteiger partial charge in [0.15, 0.2) is 5.13 Å². The van der Waals surface area contributed by atoms with Gasteiger partial charge in [0.25, 0.3) is 0 Å². The van der Waals surface area contributed by atoms with E-state index in [1.165, 1.54) is 25.1 Å². The van der Waals surface area contributed by atoms with Crippen molar-refractivity contribution in [3.8, 4) is 0 Å². The SMILES string of the molecule is Fc1ccc(NCCc2csc(N3CCCC3)n2)nc1. The van der Waals surface area contributed by atoms with E-state index in [4.69, 9.17) is 0 Å². The number of nitrogens with zero attached hydrogens (tertiary/aromatic N) is 3. The predicted octanol–water partition coefficient (Wildman–Crippen LogP) is 2.93. The summed E-state index contributed by atoms with van der Waals surface area (Å²) in [4.78, 5) is 11.0. The summed E-state index contributed by atoms with van der Waals surface area (Å²) < 4.78 is 12.7. The highest BCUT2D eigenvalue weighted by Crippen LogP contribution is 2.24. The maximum Gasteiger partial charge on any atom is 0.185 e. The number of hydrogen-bond acceptors (Lipinski definition) is 5. The first-order chi connectivity index (χ1) is 9.81. The van der Waals surface area contributed by atoms with Crippen LogP contribution in [0.25, 0.3) is 0 Å². The first kappa shape index (κ1) is 13.3. The molecule has 1 aliphatic rings. The molecule has 0 saturated carbocycles. The molecule has 6 heteroatoms. The van der Waals surface area contributed by atoms with Crippen LogP contribution in [0.4, 0.5) is 15.3 Å². The van der Waals surface area contributed by atoms with Gasteiger partial charge in [-0.1, -0.05) is 0 Å². The lowest BCUT2D eigenvalue weighted by Gasteiger charge is -2.12. The van der Waals surface area contributed by atoms with Gasteiger partial charge in [-0.2, -0.15) is 0 Å². The molecule has 4 nitrogen and oxygen atoms in total. The highest BCUT2D eigenvalue weighted by Gasteiger charge is 2.15. The van der Waals surface area contributed by atoms with Crippen LogP contribution in [0.15, 0.2) is 23.7 Å². The van der Waals surface area contributed by atoms with Crippen molar-refractivity contribution in [2.24, 2.45) is 0 Å². The fourth-order valence-corrected chi connectivity index (χ4v) is 3.18. The summed E-state index contributed by atoms with van der Waals surface area (Å²) in [6.45, 7) is 3.01. The molecule has 0 amide bonds. The molecule has 0 aliphatic carbocycles. The molecule has 0 spiro atoms. The van der Waals surface area contributed by atoms with Crippen molar-refractivity contribution in [3.05, 3.63) is 35.2 Å². The van der Waals surface area contributed by atoms with E-state index in [0.717, 1.165) is 36.9 Å². The highest BCUT2D eigenvalue weighted by atomic mass is 32.1. The van der Waals surface area contributed by atoms with Gasteiger partial charge in [0.2, 0.25) is 0 Å². The monoisotopic (exact) mass is 292 g/mol. The number of hydrogen-bond donors (Lipinski definition) is 1. The highest BCUT2D eigenvalue weighted by molar-refractivity contribution is 7.13. The summed E-state index contributed by atoms with van der Waals surface area (Å²) in [7, 11) is 0. The van der Waals surface area contributed by atoms with Crippen molar-refractivity contribution in [2.75, 3.05) is 29.9 Å². The van der Waals surface area contributed by atoms with Crippen LogP contribution in [0.1, 0.15) is 18.5 Å². The Hall–Kier alpha value is -1.69. The van der Waals surface area contributed by atoms with Crippen LogP contribution in [-0.4, -0.2) is 29.6 Å². The Morgan fingerprint density at radius 2 is 2.15 bits per heavy atom. The van der Waals surface area contributed by atoms with Crippen LogP contribution in [-0.2, 0) is 6.42 Å². The molecule has 1 saturated heterocycles. The molecule has 0 radical (unpaired) electrons. The summed E-state index contributed by atoms with van der Waals surface area (Å²) in [5.41, 5.74) is 1.10. The Morgan fingerprint density at radius 3 is 2.90 bits per heavy atom. The van der Waals surface area contributed by atoms with Crippen LogP contribution in [0, 0.1) is 5.82 Å². The average Bonchev–Trinajstić information content (AvgIpc) is 3.11. The van der Waals surface area contributed by atoms with Crippen LogP contribution in [0.2, 0.25) is 0 Å². The van der Waals surface area contributed by atoms with Gasteiger partial charge in [0.1, 0.15) is 11.6 Å². The third-order valence-corrected chi connectivity index (χ3v) is 4.28. The average molecular weight is 292 g/mol. The first-order valence-electron chi connectivity index (χ1n) is 6.86. The second kappa shape index (κ2) is 6.17. The van der Waals surface area contributed by atoms with Crippen LogP contribution in [0.3, 0.4) is 0 Å². The summed E-state index contributed by atoms with van der Waals surface area (Å²) in [6, 6.07) is 3.05. The minimum Gasteiger partial charge on any atom is -0.370 e. The van der Waals surface area contributed by atoms with Crippen LogP contribution in [0.5, 0.6) is 0 Å². The second-order valence-electron chi connectivity index (χ2n) is 4.85. The van der Waals surface area contributed by atoms with Crippen LogP contribution >= 0.6 is 11.3 Å². The molecule has 0 atom stereocenters. The Bertz CT molecular complexity index is 549. The smallest absolute Gasteiger partial charge is 0.185 e. The third kappa shape index (κ3) is 3.25. The third-order valence-electron chi connectivity index (χ3n) is 3.33. The zero-order valence-electron chi connectivity index (χ0n) is 11.2. The molecule has 1 fully saturated rings.